The second-order valence-electron chi connectivity index (χ2n) is 4.55. The lowest BCUT2D eigenvalue weighted by molar-refractivity contribution is 0.184. The number of anilines is 2. The molecule has 108 valence electrons. The van der Waals surface area contributed by atoms with Crippen molar-refractivity contribution in [3.8, 4) is 0 Å². The molecule has 0 radical (unpaired) electrons. The van der Waals surface area contributed by atoms with E-state index in [0.717, 1.165) is 42.4 Å². The molecule has 1 unspecified atom stereocenters. The number of hydrogen-bond acceptors (Lipinski definition) is 5. The lowest BCUT2D eigenvalue weighted by Crippen LogP contribution is -2.25. The highest BCUT2D eigenvalue weighted by atomic mass is 16.5. The molecule has 5 heteroatoms. The second-order valence-corrected chi connectivity index (χ2v) is 4.55. The summed E-state index contributed by atoms with van der Waals surface area (Å²) in [6.45, 7) is 9.85. The van der Waals surface area contributed by atoms with Crippen molar-refractivity contribution in [2.75, 3.05) is 30.9 Å². The molecule has 1 aromatic heterocycles. The summed E-state index contributed by atoms with van der Waals surface area (Å²) in [7, 11) is 1.72. The fourth-order valence-electron chi connectivity index (χ4n) is 1.86. The van der Waals surface area contributed by atoms with Crippen molar-refractivity contribution < 1.29 is 4.74 Å². The molecule has 1 aromatic rings. The first-order chi connectivity index (χ1) is 9.15. The molecule has 0 aliphatic carbocycles. The van der Waals surface area contributed by atoms with E-state index in [2.05, 4.69) is 41.4 Å². The SMILES string of the molecule is CCNc1nc(CC)nc(NC(CC)COC)c1C. The molecule has 5 nitrogen and oxygen atoms in total. The molecule has 0 saturated carbocycles. The lowest BCUT2D eigenvalue weighted by Gasteiger charge is -2.20. The molecular weight excluding hydrogens is 240 g/mol. The first-order valence-corrected chi connectivity index (χ1v) is 7.02. The van der Waals surface area contributed by atoms with Crippen LogP contribution in [0.25, 0.3) is 0 Å². The summed E-state index contributed by atoms with van der Waals surface area (Å²) in [6.07, 6.45) is 1.82. The zero-order valence-electron chi connectivity index (χ0n) is 12.7. The lowest BCUT2D eigenvalue weighted by atomic mass is 10.2. The van der Waals surface area contributed by atoms with Gasteiger partial charge in [-0.15, -0.1) is 0 Å². The van der Waals surface area contributed by atoms with E-state index in [0.29, 0.717) is 6.61 Å². The number of nitrogens with one attached hydrogen (secondary N) is 2. The van der Waals surface area contributed by atoms with Gasteiger partial charge in [-0.25, -0.2) is 9.97 Å². The standard InChI is InChI=1S/C14H26N4O/c1-6-11(9-19-5)16-14-10(4)13(15-8-3)17-12(7-2)18-14/h11H,6-9H2,1-5H3,(H2,15,16,17,18). The molecule has 0 aromatic carbocycles. The minimum atomic E-state index is 0.276. The normalized spacial score (nSPS) is 12.3. The average Bonchev–Trinajstić information content (AvgIpc) is 2.42. The van der Waals surface area contributed by atoms with E-state index in [1.165, 1.54) is 0 Å². The fourth-order valence-corrected chi connectivity index (χ4v) is 1.86. The minimum absolute atomic E-state index is 0.276. The van der Waals surface area contributed by atoms with Gasteiger partial charge in [-0.1, -0.05) is 13.8 Å². The third kappa shape index (κ3) is 4.35. The number of aryl methyl sites for hydroxylation is 1. The topological polar surface area (TPSA) is 59.1 Å². The van der Waals surface area contributed by atoms with E-state index in [9.17, 15) is 0 Å². The highest BCUT2D eigenvalue weighted by Crippen LogP contribution is 2.21. The Hall–Kier alpha value is -1.36. The third-order valence-electron chi connectivity index (χ3n) is 3.05. The van der Waals surface area contributed by atoms with E-state index in [1.807, 2.05) is 6.92 Å². The molecule has 19 heavy (non-hydrogen) atoms. The van der Waals surface area contributed by atoms with E-state index in [-0.39, 0.29) is 6.04 Å². The summed E-state index contributed by atoms with van der Waals surface area (Å²) < 4.78 is 5.22. The van der Waals surface area contributed by atoms with Crippen LogP contribution in [0.5, 0.6) is 0 Å². The zero-order chi connectivity index (χ0) is 14.3. The van der Waals surface area contributed by atoms with Gasteiger partial charge in [-0.3, -0.25) is 0 Å². The quantitative estimate of drug-likeness (QED) is 0.757. The number of nitrogens with zero attached hydrogens (tertiary/aromatic N) is 2. The molecule has 0 aliphatic rings. The maximum atomic E-state index is 5.22. The Labute approximate surface area is 116 Å². The van der Waals surface area contributed by atoms with Crippen LogP contribution >= 0.6 is 0 Å². The molecule has 2 N–H and O–H groups in total. The molecule has 0 bridgehead atoms. The van der Waals surface area contributed by atoms with Crippen molar-refractivity contribution in [2.45, 2.75) is 46.6 Å². The molecule has 0 fully saturated rings. The summed E-state index contributed by atoms with van der Waals surface area (Å²) in [5.41, 5.74) is 1.06. The van der Waals surface area contributed by atoms with Gasteiger partial charge in [-0.2, -0.15) is 0 Å². The maximum Gasteiger partial charge on any atom is 0.135 e. The number of ether oxygens (including phenoxy) is 1. The number of hydrogen-bond donors (Lipinski definition) is 2. The number of rotatable bonds is 8. The zero-order valence-corrected chi connectivity index (χ0v) is 12.7. The van der Waals surface area contributed by atoms with Gasteiger partial charge >= 0.3 is 0 Å². The summed E-state index contributed by atoms with van der Waals surface area (Å²) in [4.78, 5) is 9.11. The van der Waals surface area contributed by atoms with Crippen molar-refractivity contribution in [3.05, 3.63) is 11.4 Å². The predicted molar refractivity (Wildman–Crippen MR) is 79.9 cm³/mol. The minimum Gasteiger partial charge on any atom is -0.383 e. The van der Waals surface area contributed by atoms with Gasteiger partial charge in [0.25, 0.3) is 0 Å². The molecule has 0 amide bonds. The summed E-state index contributed by atoms with van der Waals surface area (Å²) in [6, 6.07) is 0.276. The van der Waals surface area contributed by atoms with Crippen LogP contribution in [-0.2, 0) is 11.2 Å². The highest BCUT2D eigenvalue weighted by Gasteiger charge is 2.13. The van der Waals surface area contributed by atoms with Gasteiger partial charge in [0.15, 0.2) is 0 Å². The average molecular weight is 266 g/mol. The van der Waals surface area contributed by atoms with E-state index in [1.54, 1.807) is 7.11 Å². The first kappa shape index (κ1) is 15.7. The van der Waals surface area contributed by atoms with Crippen molar-refractivity contribution >= 4 is 11.6 Å². The van der Waals surface area contributed by atoms with Crippen LogP contribution in [0.3, 0.4) is 0 Å². The Balaban J connectivity index is 3.00. The van der Waals surface area contributed by atoms with E-state index >= 15 is 0 Å². The summed E-state index contributed by atoms with van der Waals surface area (Å²) >= 11 is 0. The van der Waals surface area contributed by atoms with Crippen LogP contribution in [0.15, 0.2) is 0 Å². The highest BCUT2D eigenvalue weighted by molar-refractivity contribution is 5.57. The van der Waals surface area contributed by atoms with Gasteiger partial charge < -0.3 is 15.4 Å². The van der Waals surface area contributed by atoms with Crippen molar-refractivity contribution in [1.29, 1.82) is 0 Å². The molecule has 0 spiro atoms. The van der Waals surface area contributed by atoms with Crippen LogP contribution in [0.4, 0.5) is 11.6 Å². The fraction of sp³-hybridized carbons (Fsp3) is 0.714. The van der Waals surface area contributed by atoms with Crippen LogP contribution in [-0.4, -0.2) is 36.3 Å². The van der Waals surface area contributed by atoms with E-state index < -0.39 is 0 Å². The number of methoxy groups -OCH3 is 1. The van der Waals surface area contributed by atoms with Gasteiger partial charge in [0.1, 0.15) is 17.5 Å². The Bertz CT molecular complexity index is 395. The van der Waals surface area contributed by atoms with Gasteiger partial charge in [0.2, 0.25) is 0 Å². The predicted octanol–water partition coefficient (Wildman–Crippen LogP) is 2.62. The Morgan fingerprint density at radius 3 is 2.37 bits per heavy atom. The van der Waals surface area contributed by atoms with Gasteiger partial charge in [-0.05, 0) is 20.3 Å². The van der Waals surface area contributed by atoms with Crippen LogP contribution in [0.2, 0.25) is 0 Å². The Morgan fingerprint density at radius 1 is 1.16 bits per heavy atom. The maximum absolute atomic E-state index is 5.22. The first-order valence-electron chi connectivity index (χ1n) is 7.02. The Morgan fingerprint density at radius 2 is 1.84 bits per heavy atom. The summed E-state index contributed by atoms with van der Waals surface area (Å²) in [5, 5.41) is 6.75. The third-order valence-corrected chi connectivity index (χ3v) is 3.05. The van der Waals surface area contributed by atoms with Crippen LogP contribution < -0.4 is 10.6 Å². The van der Waals surface area contributed by atoms with Crippen molar-refractivity contribution in [2.24, 2.45) is 0 Å². The van der Waals surface area contributed by atoms with E-state index in [4.69, 9.17) is 4.74 Å². The monoisotopic (exact) mass is 266 g/mol. The number of aromatic nitrogens is 2. The van der Waals surface area contributed by atoms with Gasteiger partial charge in [0, 0.05) is 25.6 Å². The Kier molecular flexibility index (Phi) is 6.56. The van der Waals surface area contributed by atoms with Gasteiger partial charge in [0.05, 0.1) is 12.6 Å². The molecule has 1 rings (SSSR count). The molecule has 1 heterocycles. The van der Waals surface area contributed by atoms with Crippen molar-refractivity contribution in [3.63, 3.8) is 0 Å². The molecule has 0 aliphatic heterocycles. The van der Waals surface area contributed by atoms with Crippen LogP contribution in [0, 0.1) is 6.92 Å². The van der Waals surface area contributed by atoms with Crippen molar-refractivity contribution in [1.82, 2.24) is 9.97 Å². The largest absolute Gasteiger partial charge is 0.383 e. The molecular formula is C14H26N4O. The summed E-state index contributed by atoms with van der Waals surface area (Å²) in [5.74, 6) is 2.69. The second kappa shape index (κ2) is 7.94. The van der Waals surface area contributed by atoms with Crippen LogP contribution in [0.1, 0.15) is 38.6 Å². The smallest absolute Gasteiger partial charge is 0.135 e. The molecule has 1 atom stereocenters. The molecule has 0 saturated heterocycles.